The Hall–Kier alpha value is -5.16. The van der Waals surface area contributed by atoms with Crippen LogP contribution in [0.15, 0.2) is 122 Å². The maximum atomic E-state index is 13.6. The number of nitrogens with zero attached hydrogens (tertiary/aromatic N) is 3. The third-order valence-corrected chi connectivity index (χ3v) is 7.49. The number of hydrogen-bond acceptors (Lipinski definition) is 4. The van der Waals surface area contributed by atoms with Crippen molar-refractivity contribution in [2.24, 2.45) is 0 Å². The molecule has 2 N–H and O–H groups in total. The fraction of sp³-hybridized carbons (Fsp3) is 0.121. The number of aromatic nitrogens is 2. The molecule has 3 aromatic carbocycles. The number of anilines is 2. The Morgan fingerprint density at radius 1 is 0.909 bits per heavy atom. The maximum absolute atomic E-state index is 13.6. The molecule has 0 saturated carbocycles. The molecule has 2 unspecified atom stereocenters. The molecule has 0 aliphatic carbocycles. The summed E-state index contributed by atoms with van der Waals surface area (Å²) in [6.07, 6.45) is -1.06. The molecular formula is C33H26F3N5O2S. The standard InChI is InChI=1S/C33H26F3N5O2S/c34-33(35,36)22-8-6-9-25(20-22)40-19-7-13-28(40)31-30(27-12-4-5-18-37-27)39-32(44)41(31)24-16-14-23(15-17-24)38-29(42)21-43-26-10-2-1-3-11-26/h1-20,30-31H,21H2,(H,38,42)(H,39,44). The van der Waals surface area contributed by atoms with Crippen molar-refractivity contribution in [2.45, 2.75) is 18.3 Å². The second kappa shape index (κ2) is 12.2. The average Bonchev–Trinajstić information content (AvgIpc) is 3.65. The zero-order chi connectivity index (χ0) is 30.7. The van der Waals surface area contributed by atoms with Gasteiger partial charge >= 0.3 is 6.18 Å². The highest BCUT2D eigenvalue weighted by molar-refractivity contribution is 7.80. The number of carbonyl (C=O) groups is 1. The molecule has 1 saturated heterocycles. The first-order chi connectivity index (χ1) is 21.3. The van der Waals surface area contributed by atoms with Crippen LogP contribution >= 0.6 is 12.2 Å². The maximum Gasteiger partial charge on any atom is 0.416 e. The number of hydrogen-bond donors (Lipinski definition) is 2. The number of nitrogens with one attached hydrogen (secondary N) is 2. The molecule has 1 aliphatic heterocycles. The van der Waals surface area contributed by atoms with Gasteiger partial charge in [0.05, 0.1) is 17.3 Å². The zero-order valence-electron chi connectivity index (χ0n) is 23.1. The minimum absolute atomic E-state index is 0.147. The van der Waals surface area contributed by atoms with Crippen LogP contribution in [0.3, 0.4) is 0 Å². The number of rotatable bonds is 8. The van der Waals surface area contributed by atoms with Crippen LogP contribution in [0.5, 0.6) is 5.75 Å². The highest BCUT2D eigenvalue weighted by Gasteiger charge is 2.42. The number of thiocarbonyl (C=S) groups is 1. The van der Waals surface area contributed by atoms with E-state index in [1.54, 1.807) is 53.4 Å². The van der Waals surface area contributed by atoms with Crippen LogP contribution in [0.4, 0.5) is 24.5 Å². The van der Waals surface area contributed by atoms with Gasteiger partial charge in [0.25, 0.3) is 5.91 Å². The van der Waals surface area contributed by atoms with Gasteiger partial charge in [0.1, 0.15) is 11.8 Å². The molecule has 5 aromatic rings. The van der Waals surface area contributed by atoms with Gasteiger partial charge in [-0.1, -0.05) is 30.3 Å². The van der Waals surface area contributed by atoms with E-state index in [4.69, 9.17) is 17.0 Å². The second-order valence-corrected chi connectivity index (χ2v) is 10.4. The minimum Gasteiger partial charge on any atom is -0.484 e. The zero-order valence-corrected chi connectivity index (χ0v) is 23.9. The van der Waals surface area contributed by atoms with Crippen molar-refractivity contribution >= 4 is 34.6 Å². The summed E-state index contributed by atoms with van der Waals surface area (Å²) in [5.41, 5.74) is 2.36. The number of pyridine rings is 1. The van der Waals surface area contributed by atoms with Gasteiger partial charge in [-0.3, -0.25) is 9.78 Å². The van der Waals surface area contributed by atoms with Gasteiger partial charge in [-0.25, -0.2) is 0 Å². The van der Waals surface area contributed by atoms with Gasteiger partial charge in [-0.05, 0) is 91.1 Å². The molecule has 1 aliphatic rings. The first-order valence-electron chi connectivity index (χ1n) is 13.7. The predicted octanol–water partition coefficient (Wildman–Crippen LogP) is 7.09. The van der Waals surface area contributed by atoms with Gasteiger partial charge in [-0.15, -0.1) is 0 Å². The smallest absolute Gasteiger partial charge is 0.416 e. The Morgan fingerprint density at radius 3 is 2.41 bits per heavy atom. The lowest BCUT2D eigenvalue weighted by molar-refractivity contribution is -0.137. The van der Waals surface area contributed by atoms with Crippen molar-refractivity contribution in [2.75, 3.05) is 16.8 Å². The summed E-state index contributed by atoms with van der Waals surface area (Å²) in [5.74, 6) is 0.281. The summed E-state index contributed by atoms with van der Waals surface area (Å²) >= 11 is 5.81. The molecule has 1 fully saturated rings. The number of para-hydroxylation sites is 1. The molecule has 1 amide bonds. The summed E-state index contributed by atoms with van der Waals surface area (Å²) in [7, 11) is 0. The fourth-order valence-corrected chi connectivity index (χ4v) is 5.55. The van der Waals surface area contributed by atoms with Crippen molar-refractivity contribution in [1.29, 1.82) is 0 Å². The molecule has 2 aromatic heterocycles. The molecule has 222 valence electrons. The van der Waals surface area contributed by atoms with Crippen molar-refractivity contribution in [1.82, 2.24) is 14.9 Å². The van der Waals surface area contributed by atoms with Crippen LogP contribution in [0.2, 0.25) is 0 Å². The number of alkyl halides is 3. The van der Waals surface area contributed by atoms with Crippen LogP contribution in [0.25, 0.3) is 5.69 Å². The molecule has 0 radical (unpaired) electrons. The third kappa shape index (κ3) is 6.13. The summed E-state index contributed by atoms with van der Waals surface area (Å²) in [6, 6.07) is 29.8. The average molecular weight is 614 g/mol. The predicted molar refractivity (Wildman–Crippen MR) is 166 cm³/mol. The third-order valence-electron chi connectivity index (χ3n) is 7.18. The summed E-state index contributed by atoms with van der Waals surface area (Å²) in [6.45, 7) is -0.147. The number of benzene rings is 3. The lowest BCUT2D eigenvalue weighted by Crippen LogP contribution is -2.30. The Bertz CT molecular complexity index is 1760. The van der Waals surface area contributed by atoms with Crippen LogP contribution in [-0.4, -0.2) is 27.2 Å². The Balaban J connectivity index is 1.30. The molecule has 7 nitrogen and oxygen atoms in total. The summed E-state index contributed by atoms with van der Waals surface area (Å²) < 4.78 is 48.0. The van der Waals surface area contributed by atoms with Crippen molar-refractivity contribution in [3.63, 3.8) is 0 Å². The Labute approximate surface area is 256 Å². The van der Waals surface area contributed by atoms with Crippen LogP contribution in [-0.2, 0) is 11.0 Å². The molecule has 6 rings (SSSR count). The van der Waals surface area contributed by atoms with Gasteiger partial charge in [0.15, 0.2) is 11.7 Å². The first-order valence-corrected chi connectivity index (χ1v) is 14.1. The Morgan fingerprint density at radius 2 is 1.68 bits per heavy atom. The van der Waals surface area contributed by atoms with Crippen LogP contribution < -0.4 is 20.3 Å². The van der Waals surface area contributed by atoms with Crippen molar-refractivity contribution in [3.8, 4) is 11.4 Å². The van der Waals surface area contributed by atoms with Crippen LogP contribution in [0, 0.1) is 0 Å². The number of amides is 1. The summed E-state index contributed by atoms with van der Waals surface area (Å²) in [4.78, 5) is 19.0. The van der Waals surface area contributed by atoms with E-state index < -0.39 is 23.8 Å². The summed E-state index contributed by atoms with van der Waals surface area (Å²) in [5, 5.41) is 6.62. The van der Waals surface area contributed by atoms with E-state index in [-0.39, 0.29) is 12.5 Å². The van der Waals surface area contributed by atoms with E-state index in [1.807, 2.05) is 59.5 Å². The quantitative estimate of drug-likeness (QED) is 0.182. The Kier molecular flexibility index (Phi) is 8.03. The minimum atomic E-state index is -4.48. The van der Waals surface area contributed by atoms with Crippen molar-refractivity contribution in [3.05, 3.63) is 139 Å². The molecule has 3 heterocycles. The monoisotopic (exact) mass is 613 g/mol. The molecule has 0 spiro atoms. The number of ether oxygens (including phenoxy) is 1. The van der Waals surface area contributed by atoms with Crippen molar-refractivity contribution < 1.29 is 22.7 Å². The highest BCUT2D eigenvalue weighted by Crippen LogP contribution is 2.42. The lowest BCUT2D eigenvalue weighted by atomic mass is 10.0. The SMILES string of the molecule is O=C(COc1ccccc1)Nc1ccc(N2C(=S)NC(c3ccccn3)C2c2cccn2-c2cccc(C(F)(F)F)c2)cc1. The van der Waals surface area contributed by atoms with Gasteiger partial charge < -0.3 is 24.8 Å². The number of halogens is 3. The van der Waals surface area contributed by atoms with E-state index in [1.165, 1.54) is 6.07 Å². The molecule has 0 bridgehead atoms. The van der Waals surface area contributed by atoms with E-state index in [0.717, 1.165) is 23.5 Å². The molecule has 2 atom stereocenters. The largest absolute Gasteiger partial charge is 0.484 e. The highest BCUT2D eigenvalue weighted by atomic mass is 32.1. The topological polar surface area (TPSA) is 71.4 Å². The molecule has 11 heteroatoms. The normalized spacial score (nSPS) is 16.4. The van der Waals surface area contributed by atoms with E-state index in [2.05, 4.69) is 15.6 Å². The van der Waals surface area contributed by atoms with E-state index in [9.17, 15) is 18.0 Å². The van der Waals surface area contributed by atoms with Crippen LogP contribution in [0.1, 0.15) is 29.0 Å². The first kappa shape index (κ1) is 28.9. The van der Waals surface area contributed by atoms with Gasteiger partial charge in [-0.2, -0.15) is 13.2 Å². The molecular weight excluding hydrogens is 587 g/mol. The van der Waals surface area contributed by atoms with Gasteiger partial charge in [0, 0.05) is 35.1 Å². The number of carbonyl (C=O) groups excluding carboxylic acids is 1. The van der Waals surface area contributed by atoms with E-state index >= 15 is 0 Å². The second-order valence-electron chi connectivity index (χ2n) is 10.0. The lowest BCUT2D eigenvalue weighted by Gasteiger charge is -2.29. The van der Waals surface area contributed by atoms with E-state index in [0.29, 0.717) is 27.9 Å². The van der Waals surface area contributed by atoms with Gasteiger partial charge in [0.2, 0.25) is 0 Å². The fourth-order valence-electron chi connectivity index (χ4n) is 5.20. The molecule has 44 heavy (non-hydrogen) atoms.